The topological polar surface area (TPSA) is 67.9 Å². The summed E-state index contributed by atoms with van der Waals surface area (Å²) >= 11 is 0. The molecule has 0 unspecified atom stereocenters. The highest BCUT2D eigenvalue weighted by Gasteiger charge is 2.12. The summed E-state index contributed by atoms with van der Waals surface area (Å²) in [7, 11) is 5.02. The van der Waals surface area contributed by atoms with E-state index in [1.54, 1.807) is 56.7 Å². The van der Waals surface area contributed by atoms with Crippen LogP contribution in [0.4, 0.5) is 5.69 Å². The summed E-state index contributed by atoms with van der Waals surface area (Å²) in [6.07, 6.45) is 0. The van der Waals surface area contributed by atoms with Crippen LogP contribution in [0.3, 0.4) is 0 Å². The summed E-state index contributed by atoms with van der Waals surface area (Å²) in [5.74, 6) is 1.29. The smallest absolute Gasteiger partial charge is 0.238 e. The first-order valence-electron chi connectivity index (χ1n) is 8.23. The Morgan fingerprint density at radius 3 is 2.31 bits per heavy atom. The first kappa shape index (κ1) is 19.5. The Balaban J connectivity index is 1.98. The average molecular weight is 356 g/mol. The first-order chi connectivity index (χ1) is 12.4. The highest BCUT2D eigenvalue weighted by molar-refractivity contribution is 5.94. The van der Waals surface area contributed by atoms with Crippen molar-refractivity contribution in [1.29, 1.82) is 0 Å². The number of likely N-dealkylation sites (N-methyl/N-ethyl adjacent to an activating group) is 1. The lowest BCUT2D eigenvalue weighted by atomic mass is 10.1. The Hall–Kier alpha value is -2.86. The van der Waals surface area contributed by atoms with Crippen molar-refractivity contribution in [2.75, 3.05) is 33.1 Å². The quantitative estimate of drug-likeness (QED) is 0.737. The van der Waals surface area contributed by atoms with E-state index in [-0.39, 0.29) is 18.2 Å². The van der Waals surface area contributed by atoms with Gasteiger partial charge in [0.15, 0.2) is 5.78 Å². The molecule has 0 atom stereocenters. The van der Waals surface area contributed by atoms with Gasteiger partial charge in [0.2, 0.25) is 5.91 Å². The monoisotopic (exact) mass is 356 g/mol. The molecule has 1 N–H and O–H groups in total. The van der Waals surface area contributed by atoms with Crippen LogP contribution in [0.25, 0.3) is 0 Å². The number of nitrogens with zero attached hydrogens (tertiary/aromatic N) is 1. The Kier molecular flexibility index (Phi) is 6.74. The lowest BCUT2D eigenvalue weighted by Crippen LogP contribution is -2.30. The number of hydrogen-bond donors (Lipinski definition) is 1. The summed E-state index contributed by atoms with van der Waals surface area (Å²) in [6.45, 7) is 2.22. The van der Waals surface area contributed by atoms with Gasteiger partial charge in [0, 0.05) is 23.4 Å². The summed E-state index contributed by atoms with van der Waals surface area (Å²) in [5.41, 5.74) is 2.19. The predicted molar refractivity (Wildman–Crippen MR) is 101 cm³/mol. The average Bonchev–Trinajstić information content (AvgIpc) is 2.62. The zero-order valence-electron chi connectivity index (χ0n) is 15.5. The van der Waals surface area contributed by atoms with Crippen LogP contribution in [0.5, 0.6) is 11.5 Å². The van der Waals surface area contributed by atoms with E-state index in [1.807, 2.05) is 11.9 Å². The van der Waals surface area contributed by atoms with Gasteiger partial charge in [0.1, 0.15) is 11.5 Å². The van der Waals surface area contributed by atoms with Gasteiger partial charge in [-0.1, -0.05) is 0 Å². The van der Waals surface area contributed by atoms with Crippen molar-refractivity contribution in [3.63, 3.8) is 0 Å². The molecule has 0 fully saturated rings. The molecule has 6 heteroatoms. The zero-order valence-corrected chi connectivity index (χ0v) is 15.5. The minimum Gasteiger partial charge on any atom is -0.497 e. The highest BCUT2D eigenvalue weighted by Crippen LogP contribution is 2.22. The van der Waals surface area contributed by atoms with E-state index in [0.29, 0.717) is 23.5 Å². The molecular formula is C20H24N2O4. The molecule has 0 heterocycles. The van der Waals surface area contributed by atoms with Crippen LogP contribution in [0.15, 0.2) is 42.5 Å². The molecule has 0 bridgehead atoms. The predicted octanol–water partition coefficient (Wildman–Crippen LogP) is 2.98. The van der Waals surface area contributed by atoms with Gasteiger partial charge >= 0.3 is 0 Å². The van der Waals surface area contributed by atoms with Gasteiger partial charge in [0.25, 0.3) is 0 Å². The van der Waals surface area contributed by atoms with Gasteiger partial charge in [-0.15, -0.1) is 0 Å². The Morgan fingerprint density at radius 2 is 1.73 bits per heavy atom. The second-order valence-corrected chi connectivity index (χ2v) is 6.03. The van der Waals surface area contributed by atoms with Crippen LogP contribution < -0.4 is 14.8 Å². The van der Waals surface area contributed by atoms with Crippen molar-refractivity contribution in [2.24, 2.45) is 0 Å². The minimum atomic E-state index is -0.126. The zero-order chi connectivity index (χ0) is 19.1. The van der Waals surface area contributed by atoms with Gasteiger partial charge < -0.3 is 14.8 Å². The fourth-order valence-corrected chi connectivity index (χ4v) is 2.59. The van der Waals surface area contributed by atoms with E-state index in [2.05, 4.69) is 5.32 Å². The van der Waals surface area contributed by atoms with Crippen LogP contribution in [-0.4, -0.2) is 44.4 Å². The standard InChI is InChI=1S/C20H24N2O4/c1-14(23)15-5-10-19(26-4)16(11-15)12-22(2)13-20(24)21-17-6-8-18(25-3)9-7-17/h5-11H,12-13H2,1-4H3,(H,21,24). The molecule has 0 aromatic heterocycles. The molecule has 26 heavy (non-hydrogen) atoms. The molecule has 0 aliphatic carbocycles. The number of carbonyl (C=O) groups is 2. The molecule has 1 amide bonds. The highest BCUT2D eigenvalue weighted by atomic mass is 16.5. The summed E-state index contributed by atoms with van der Waals surface area (Å²) in [5, 5.41) is 2.85. The van der Waals surface area contributed by atoms with E-state index < -0.39 is 0 Å². The minimum absolute atomic E-state index is 0.00574. The van der Waals surface area contributed by atoms with Crippen molar-refractivity contribution in [3.05, 3.63) is 53.6 Å². The second kappa shape index (κ2) is 9.01. The van der Waals surface area contributed by atoms with Crippen LogP contribution >= 0.6 is 0 Å². The normalized spacial score (nSPS) is 10.5. The Morgan fingerprint density at radius 1 is 1.04 bits per heavy atom. The van der Waals surface area contributed by atoms with E-state index in [4.69, 9.17) is 9.47 Å². The van der Waals surface area contributed by atoms with E-state index in [9.17, 15) is 9.59 Å². The molecule has 0 radical (unpaired) electrons. The third-order valence-corrected chi connectivity index (χ3v) is 3.91. The number of Topliss-reactive ketones (excluding diaryl/α,β-unsaturated/α-hetero) is 1. The molecule has 0 saturated carbocycles. The van der Waals surface area contributed by atoms with Crippen LogP contribution in [0.2, 0.25) is 0 Å². The summed E-state index contributed by atoms with van der Waals surface area (Å²) < 4.78 is 10.4. The molecule has 2 aromatic carbocycles. The number of hydrogen-bond acceptors (Lipinski definition) is 5. The summed E-state index contributed by atoms with van der Waals surface area (Å²) in [4.78, 5) is 25.7. The van der Waals surface area contributed by atoms with E-state index in [0.717, 1.165) is 11.3 Å². The van der Waals surface area contributed by atoms with Gasteiger partial charge in [0.05, 0.1) is 20.8 Å². The fraction of sp³-hybridized carbons (Fsp3) is 0.300. The molecule has 0 aliphatic rings. The number of anilines is 1. The third kappa shape index (κ3) is 5.32. The molecule has 0 aliphatic heterocycles. The largest absolute Gasteiger partial charge is 0.497 e. The number of methoxy groups -OCH3 is 2. The molecule has 0 saturated heterocycles. The molecule has 0 spiro atoms. The second-order valence-electron chi connectivity index (χ2n) is 6.03. The fourth-order valence-electron chi connectivity index (χ4n) is 2.59. The maximum Gasteiger partial charge on any atom is 0.238 e. The Labute approximate surface area is 153 Å². The number of ketones is 1. The van der Waals surface area contributed by atoms with Crippen LogP contribution in [0.1, 0.15) is 22.8 Å². The van der Waals surface area contributed by atoms with Gasteiger partial charge in [-0.05, 0) is 56.4 Å². The van der Waals surface area contributed by atoms with Crippen molar-refractivity contribution >= 4 is 17.4 Å². The number of carbonyl (C=O) groups excluding carboxylic acids is 2. The van der Waals surface area contributed by atoms with Gasteiger partial charge in [-0.2, -0.15) is 0 Å². The lowest BCUT2D eigenvalue weighted by molar-refractivity contribution is -0.117. The molecule has 2 rings (SSSR count). The number of benzene rings is 2. The van der Waals surface area contributed by atoms with E-state index in [1.165, 1.54) is 6.92 Å². The van der Waals surface area contributed by atoms with Crippen molar-refractivity contribution < 1.29 is 19.1 Å². The SMILES string of the molecule is COc1ccc(NC(=O)CN(C)Cc2cc(C(C)=O)ccc2OC)cc1. The molecular weight excluding hydrogens is 332 g/mol. The molecule has 2 aromatic rings. The van der Waals surface area contributed by atoms with Crippen LogP contribution in [-0.2, 0) is 11.3 Å². The van der Waals surface area contributed by atoms with E-state index >= 15 is 0 Å². The summed E-state index contributed by atoms with van der Waals surface area (Å²) in [6, 6.07) is 12.5. The third-order valence-electron chi connectivity index (χ3n) is 3.91. The van der Waals surface area contributed by atoms with Crippen molar-refractivity contribution in [2.45, 2.75) is 13.5 Å². The Bertz CT molecular complexity index is 772. The van der Waals surface area contributed by atoms with Gasteiger partial charge in [-0.25, -0.2) is 0 Å². The molecule has 138 valence electrons. The maximum absolute atomic E-state index is 12.2. The van der Waals surface area contributed by atoms with Crippen LogP contribution in [0, 0.1) is 0 Å². The maximum atomic E-state index is 12.2. The number of rotatable bonds is 8. The van der Waals surface area contributed by atoms with Crippen molar-refractivity contribution in [1.82, 2.24) is 4.90 Å². The van der Waals surface area contributed by atoms with Gasteiger partial charge in [-0.3, -0.25) is 14.5 Å². The number of amides is 1. The number of ether oxygens (including phenoxy) is 2. The number of nitrogens with one attached hydrogen (secondary N) is 1. The first-order valence-corrected chi connectivity index (χ1v) is 8.23. The lowest BCUT2D eigenvalue weighted by Gasteiger charge is -2.18. The van der Waals surface area contributed by atoms with Crippen molar-refractivity contribution in [3.8, 4) is 11.5 Å². The molecule has 6 nitrogen and oxygen atoms in total.